The number of hydrogen-bond donors (Lipinski definition) is 1. The Morgan fingerprint density at radius 2 is 2.40 bits per heavy atom. The fourth-order valence-electron chi connectivity index (χ4n) is 3.04. The number of likely N-dealkylation sites (tertiary alicyclic amines) is 1. The highest BCUT2D eigenvalue weighted by atomic mass is 16.3. The largest absolute Gasteiger partial charge is 0.468 e. The van der Waals surface area contributed by atoms with Gasteiger partial charge in [-0.2, -0.15) is 0 Å². The molecule has 0 aromatic carbocycles. The molecule has 2 atom stereocenters. The Kier molecular flexibility index (Phi) is 2.29. The van der Waals surface area contributed by atoms with Crippen molar-refractivity contribution in [3.8, 4) is 0 Å². The Morgan fingerprint density at radius 3 is 3.00 bits per heavy atom. The average Bonchev–Trinajstić information content (AvgIpc) is 2.92. The molecule has 1 aliphatic heterocycles. The molecule has 3 rings (SSSR count). The van der Waals surface area contributed by atoms with E-state index >= 15 is 0 Å². The van der Waals surface area contributed by atoms with Gasteiger partial charge in [-0.3, -0.25) is 4.90 Å². The molecule has 3 nitrogen and oxygen atoms in total. The van der Waals surface area contributed by atoms with Crippen LogP contribution in [-0.4, -0.2) is 17.5 Å². The second-order valence-corrected chi connectivity index (χ2v) is 4.89. The number of furan rings is 1. The summed E-state index contributed by atoms with van der Waals surface area (Å²) in [7, 11) is 0. The first-order valence-electron chi connectivity index (χ1n) is 5.85. The molecule has 2 aliphatic rings. The van der Waals surface area contributed by atoms with Gasteiger partial charge in [-0.15, -0.1) is 0 Å². The smallest absolute Gasteiger partial charge is 0.118 e. The lowest BCUT2D eigenvalue weighted by molar-refractivity contribution is 0.190. The summed E-state index contributed by atoms with van der Waals surface area (Å²) >= 11 is 0. The highest BCUT2D eigenvalue weighted by Gasteiger charge is 2.37. The summed E-state index contributed by atoms with van der Waals surface area (Å²) < 4.78 is 5.50. The van der Waals surface area contributed by atoms with E-state index in [1.807, 2.05) is 0 Å². The van der Waals surface area contributed by atoms with Crippen LogP contribution >= 0.6 is 0 Å². The van der Waals surface area contributed by atoms with Crippen molar-refractivity contribution < 1.29 is 4.42 Å². The van der Waals surface area contributed by atoms with Crippen LogP contribution in [0.15, 0.2) is 16.7 Å². The third-order valence-electron chi connectivity index (χ3n) is 3.83. The second-order valence-electron chi connectivity index (χ2n) is 4.89. The summed E-state index contributed by atoms with van der Waals surface area (Å²) in [5, 5.41) is 0. The minimum Gasteiger partial charge on any atom is -0.468 e. The molecule has 2 heterocycles. The number of fused-ring (bicyclic) bond motifs is 2. The van der Waals surface area contributed by atoms with Gasteiger partial charge < -0.3 is 10.2 Å². The number of nitrogens with zero attached hydrogens (tertiary/aromatic N) is 1. The van der Waals surface area contributed by atoms with Gasteiger partial charge in [0.1, 0.15) is 5.76 Å². The Bertz CT molecular complexity index is 347. The highest BCUT2D eigenvalue weighted by molar-refractivity contribution is 5.12. The number of piperidine rings is 1. The molecule has 1 aliphatic carbocycles. The summed E-state index contributed by atoms with van der Waals surface area (Å²) in [4.78, 5) is 2.56. The van der Waals surface area contributed by atoms with Gasteiger partial charge in [0.2, 0.25) is 0 Å². The molecule has 2 N–H and O–H groups in total. The van der Waals surface area contributed by atoms with Crippen LogP contribution in [0.4, 0.5) is 0 Å². The van der Waals surface area contributed by atoms with Crippen LogP contribution in [-0.2, 0) is 13.1 Å². The molecule has 2 bridgehead atoms. The maximum absolute atomic E-state index is 5.56. The predicted molar refractivity (Wildman–Crippen MR) is 58.1 cm³/mol. The van der Waals surface area contributed by atoms with Crippen molar-refractivity contribution in [1.82, 2.24) is 4.90 Å². The van der Waals surface area contributed by atoms with E-state index in [0.717, 1.165) is 29.8 Å². The summed E-state index contributed by atoms with van der Waals surface area (Å²) in [6.45, 7) is 2.82. The molecule has 0 spiro atoms. The Hall–Kier alpha value is -0.800. The number of nitrogens with two attached hydrogens (primary N) is 1. The molecule has 1 aromatic heterocycles. The van der Waals surface area contributed by atoms with E-state index in [1.165, 1.54) is 25.8 Å². The minimum absolute atomic E-state index is 0.579. The van der Waals surface area contributed by atoms with Gasteiger partial charge in [-0.25, -0.2) is 0 Å². The zero-order valence-corrected chi connectivity index (χ0v) is 8.98. The van der Waals surface area contributed by atoms with Crippen LogP contribution in [0.5, 0.6) is 0 Å². The molecule has 1 saturated carbocycles. The normalized spacial score (nSPS) is 30.2. The Balaban J connectivity index is 1.65. The molecule has 0 radical (unpaired) electrons. The second kappa shape index (κ2) is 3.65. The van der Waals surface area contributed by atoms with Crippen LogP contribution in [0.3, 0.4) is 0 Å². The summed E-state index contributed by atoms with van der Waals surface area (Å²) in [5.41, 5.74) is 6.66. The van der Waals surface area contributed by atoms with E-state index in [0.29, 0.717) is 6.54 Å². The molecule has 0 amide bonds. The molecule has 15 heavy (non-hydrogen) atoms. The predicted octanol–water partition coefficient (Wildman–Crippen LogP) is 1.72. The quantitative estimate of drug-likeness (QED) is 0.819. The van der Waals surface area contributed by atoms with Gasteiger partial charge in [0.15, 0.2) is 0 Å². The third-order valence-corrected chi connectivity index (χ3v) is 3.83. The Morgan fingerprint density at radius 1 is 1.47 bits per heavy atom. The van der Waals surface area contributed by atoms with Gasteiger partial charge in [-0.1, -0.05) is 0 Å². The number of rotatable bonds is 3. The first-order valence-corrected chi connectivity index (χ1v) is 5.85. The first-order chi connectivity index (χ1) is 7.35. The summed E-state index contributed by atoms with van der Waals surface area (Å²) in [5.74, 6) is 2.03. The highest BCUT2D eigenvalue weighted by Crippen LogP contribution is 2.38. The van der Waals surface area contributed by atoms with Gasteiger partial charge in [0.25, 0.3) is 0 Å². The molecule has 2 unspecified atom stereocenters. The maximum Gasteiger partial charge on any atom is 0.118 e. The zero-order valence-electron chi connectivity index (χ0n) is 8.98. The van der Waals surface area contributed by atoms with E-state index in [1.54, 1.807) is 6.26 Å². The fraction of sp³-hybridized carbons (Fsp3) is 0.667. The van der Waals surface area contributed by atoms with Gasteiger partial charge in [-0.05, 0) is 31.2 Å². The minimum atomic E-state index is 0.579. The van der Waals surface area contributed by atoms with E-state index in [4.69, 9.17) is 10.2 Å². The standard InChI is InChI=1S/C12H18N2O/c13-5-10-4-12(15-8-10)7-14-6-9-1-2-11(14)3-9/h4,8-9,11H,1-3,5-7,13H2. The van der Waals surface area contributed by atoms with Crippen molar-refractivity contribution >= 4 is 0 Å². The molecule has 82 valence electrons. The maximum atomic E-state index is 5.56. The lowest BCUT2D eigenvalue weighted by Crippen LogP contribution is -2.31. The molecule has 1 saturated heterocycles. The van der Waals surface area contributed by atoms with E-state index in [2.05, 4.69) is 11.0 Å². The van der Waals surface area contributed by atoms with Gasteiger partial charge >= 0.3 is 0 Å². The van der Waals surface area contributed by atoms with Gasteiger partial charge in [0.05, 0.1) is 12.8 Å². The van der Waals surface area contributed by atoms with E-state index in [-0.39, 0.29) is 0 Å². The van der Waals surface area contributed by atoms with Crippen molar-refractivity contribution in [2.24, 2.45) is 11.7 Å². The van der Waals surface area contributed by atoms with Crippen molar-refractivity contribution in [2.45, 2.75) is 38.4 Å². The molecule has 1 aromatic rings. The van der Waals surface area contributed by atoms with Gasteiger partial charge in [0, 0.05) is 24.7 Å². The lowest BCUT2D eigenvalue weighted by atomic mass is 10.1. The van der Waals surface area contributed by atoms with Crippen LogP contribution in [0.1, 0.15) is 30.6 Å². The van der Waals surface area contributed by atoms with Crippen molar-refractivity contribution in [1.29, 1.82) is 0 Å². The van der Waals surface area contributed by atoms with Crippen molar-refractivity contribution in [2.75, 3.05) is 6.54 Å². The topological polar surface area (TPSA) is 42.4 Å². The van der Waals surface area contributed by atoms with Crippen LogP contribution in [0.2, 0.25) is 0 Å². The molecular weight excluding hydrogens is 188 g/mol. The van der Waals surface area contributed by atoms with Crippen LogP contribution < -0.4 is 5.73 Å². The van der Waals surface area contributed by atoms with Crippen molar-refractivity contribution in [3.63, 3.8) is 0 Å². The Labute approximate surface area is 90.2 Å². The SMILES string of the molecule is NCc1coc(CN2CC3CCC2C3)c1. The fourth-order valence-corrected chi connectivity index (χ4v) is 3.04. The third kappa shape index (κ3) is 1.70. The first kappa shape index (κ1) is 9.43. The molecule has 2 fully saturated rings. The monoisotopic (exact) mass is 206 g/mol. The van der Waals surface area contributed by atoms with Crippen LogP contribution in [0, 0.1) is 5.92 Å². The number of hydrogen-bond acceptors (Lipinski definition) is 3. The summed E-state index contributed by atoms with van der Waals surface area (Å²) in [6, 6.07) is 2.91. The molecular formula is C12H18N2O. The average molecular weight is 206 g/mol. The van der Waals surface area contributed by atoms with Crippen LogP contribution in [0.25, 0.3) is 0 Å². The summed E-state index contributed by atoms with van der Waals surface area (Å²) in [6.07, 6.45) is 6.01. The van der Waals surface area contributed by atoms with E-state index in [9.17, 15) is 0 Å². The van der Waals surface area contributed by atoms with E-state index < -0.39 is 0 Å². The molecule has 3 heteroatoms. The zero-order chi connectivity index (χ0) is 10.3. The lowest BCUT2D eigenvalue weighted by Gasteiger charge is -2.25. The van der Waals surface area contributed by atoms with Crippen molar-refractivity contribution in [3.05, 3.63) is 23.7 Å².